The minimum Gasteiger partial charge on any atom is -0.497 e. The summed E-state index contributed by atoms with van der Waals surface area (Å²) in [6, 6.07) is 13.0. The molecule has 11 heteroatoms. The van der Waals surface area contributed by atoms with E-state index in [-0.39, 0.29) is 23.5 Å². The molecule has 10 nitrogen and oxygen atoms in total. The van der Waals surface area contributed by atoms with Crippen LogP contribution in [0.15, 0.2) is 53.7 Å². The van der Waals surface area contributed by atoms with Gasteiger partial charge in [-0.1, -0.05) is 23.9 Å². The van der Waals surface area contributed by atoms with Gasteiger partial charge in [0.1, 0.15) is 11.5 Å². The van der Waals surface area contributed by atoms with Gasteiger partial charge in [0.15, 0.2) is 17.1 Å². The van der Waals surface area contributed by atoms with Crippen molar-refractivity contribution in [2.24, 2.45) is 7.05 Å². The highest BCUT2D eigenvalue weighted by atomic mass is 32.2. The number of nitro groups is 1. The van der Waals surface area contributed by atoms with Gasteiger partial charge in [-0.2, -0.15) is 0 Å². The largest absolute Gasteiger partial charge is 0.497 e. The van der Waals surface area contributed by atoms with E-state index in [0.717, 1.165) is 0 Å². The molecule has 2 aromatic carbocycles. The first-order valence-electron chi connectivity index (χ1n) is 9.24. The summed E-state index contributed by atoms with van der Waals surface area (Å²) in [5.41, 5.74) is 0.271. The molecule has 0 aliphatic heterocycles. The maximum atomic E-state index is 12.2. The number of nitrogens with zero attached hydrogens (tertiary/aromatic N) is 4. The van der Waals surface area contributed by atoms with Crippen LogP contribution in [0.2, 0.25) is 0 Å². The van der Waals surface area contributed by atoms with Gasteiger partial charge in [-0.25, -0.2) is 0 Å². The van der Waals surface area contributed by atoms with E-state index in [1.807, 2.05) is 25.1 Å². The zero-order valence-electron chi connectivity index (χ0n) is 17.1. The summed E-state index contributed by atoms with van der Waals surface area (Å²) in [5.74, 6) is 1.69. The second-order valence-electron chi connectivity index (χ2n) is 6.48. The molecule has 1 unspecified atom stereocenters. The van der Waals surface area contributed by atoms with Crippen LogP contribution in [-0.4, -0.2) is 38.5 Å². The van der Waals surface area contributed by atoms with E-state index in [1.165, 1.54) is 30.0 Å². The van der Waals surface area contributed by atoms with E-state index in [4.69, 9.17) is 9.47 Å². The van der Waals surface area contributed by atoms with Gasteiger partial charge in [0.25, 0.3) is 5.69 Å². The third-order valence-corrected chi connectivity index (χ3v) is 5.28. The Bertz CT molecular complexity index is 1090. The first-order chi connectivity index (χ1) is 14.9. The fourth-order valence-corrected chi connectivity index (χ4v) is 3.48. The van der Waals surface area contributed by atoms with Gasteiger partial charge in [-0.15, -0.1) is 10.2 Å². The van der Waals surface area contributed by atoms with Crippen LogP contribution >= 0.6 is 11.8 Å². The molecule has 0 saturated carbocycles. The predicted octanol–water partition coefficient (Wildman–Crippen LogP) is 3.60. The zero-order valence-corrected chi connectivity index (χ0v) is 18.0. The van der Waals surface area contributed by atoms with E-state index in [2.05, 4.69) is 15.5 Å². The number of rotatable bonds is 9. The second kappa shape index (κ2) is 9.94. The quantitative estimate of drug-likeness (QED) is 0.302. The number of hydrogen-bond acceptors (Lipinski definition) is 8. The molecule has 31 heavy (non-hydrogen) atoms. The highest BCUT2D eigenvalue weighted by Crippen LogP contribution is 2.26. The van der Waals surface area contributed by atoms with Gasteiger partial charge in [0, 0.05) is 30.9 Å². The summed E-state index contributed by atoms with van der Waals surface area (Å²) < 4.78 is 12.9. The normalized spacial score (nSPS) is 11.6. The number of nitro benzene ring substituents is 1. The van der Waals surface area contributed by atoms with Crippen LogP contribution in [0.25, 0.3) is 0 Å². The van der Waals surface area contributed by atoms with Crippen molar-refractivity contribution in [3.8, 4) is 11.5 Å². The van der Waals surface area contributed by atoms with E-state index in [0.29, 0.717) is 28.2 Å². The number of methoxy groups -OCH3 is 1. The van der Waals surface area contributed by atoms with Gasteiger partial charge in [0.2, 0.25) is 5.91 Å². The molecule has 0 radical (unpaired) electrons. The van der Waals surface area contributed by atoms with Crippen molar-refractivity contribution in [2.45, 2.75) is 18.2 Å². The smallest absolute Gasteiger partial charge is 0.271 e. The van der Waals surface area contributed by atoms with Crippen molar-refractivity contribution in [1.29, 1.82) is 0 Å². The Labute approximate surface area is 182 Å². The summed E-state index contributed by atoms with van der Waals surface area (Å²) in [6.45, 7) is 1.85. The standard InChI is InChI=1S/C20H21N5O5S/c1-13(30-17-9-5-8-16(11-17)29-3)19-22-23-20(24(19)2)31-12-18(26)21-14-6-4-7-15(10-14)25(27)28/h4-11,13H,12H2,1-3H3,(H,21,26). The molecule has 0 bridgehead atoms. The highest BCUT2D eigenvalue weighted by molar-refractivity contribution is 7.99. The summed E-state index contributed by atoms with van der Waals surface area (Å²) in [6.07, 6.45) is -0.377. The Morgan fingerprint density at radius 3 is 2.71 bits per heavy atom. The Morgan fingerprint density at radius 1 is 1.23 bits per heavy atom. The van der Waals surface area contributed by atoms with Gasteiger partial charge in [-0.05, 0) is 25.1 Å². The van der Waals surface area contributed by atoms with Crippen LogP contribution in [0.4, 0.5) is 11.4 Å². The van der Waals surface area contributed by atoms with Gasteiger partial charge in [0.05, 0.1) is 17.8 Å². The number of ether oxygens (including phenoxy) is 2. The van der Waals surface area contributed by atoms with Crippen molar-refractivity contribution < 1.29 is 19.2 Å². The van der Waals surface area contributed by atoms with E-state index in [9.17, 15) is 14.9 Å². The average Bonchev–Trinajstić information content (AvgIpc) is 3.13. The Morgan fingerprint density at radius 2 is 1.97 bits per heavy atom. The summed E-state index contributed by atoms with van der Waals surface area (Å²) >= 11 is 1.20. The number of amides is 1. The fourth-order valence-electron chi connectivity index (χ4n) is 2.76. The topological polar surface area (TPSA) is 121 Å². The number of nitrogens with one attached hydrogen (secondary N) is 1. The predicted molar refractivity (Wildman–Crippen MR) is 115 cm³/mol. The van der Waals surface area contributed by atoms with Crippen LogP contribution in [0.1, 0.15) is 18.9 Å². The number of carbonyl (C=O) groups excluding carboxylic acids is 1. The Kier molecular flexibility index (Phi) is 7.08. The molecule has 0 aliphatic rings. The number of thioether (sulfide) groups is 1. The number of non-ortho nitro benzene ring substituents is 1. The molecule has 0 aliphatic carbocycles. The lowest BCUT2D eigenvalue weighted by Gasteiger charge is -2.14. The highest BCUT2D eigenvalue weighted by Gasteiger charge is 2.18. The molecule has 1 atom stereocenters. The van der Waals surface area contributed by atoms with Gasteiger partial charge >= 0.3 is 0 Å². The molecule has 3 rings (SSSR count). The summed E-state index contributed by atoms with van der Waals surface area (Å²) in [7, 11) is 3.38. The molecular formula is C20H21N5O5S. The van der Waals surface area contributed by atoms with E-state index >= 15 is 0 Å². The Balaban J connectivity index is 1.59. The molecule has 1 aromatic heterocycles. The maximum Gasteiger partial charge on any atom is 0.271 e. The molecule has 0 saturated heterocycles. The summed E-state index contributed by atoms with van der Waals surface area (Å²) in [5, 5.41) is 22.3. The molecule has 1 N–H and O–H groups in total. The van der Waals surface area contributed by atoms with E-state index < -0.39 is 4.92 Å². The molecular weight excluding hydrogens is 422 g/mol. The Hall–Kier alpha value is -3.60. The number of anilines is 1. The first-order valence-corrected chi connectivity index (χ1v) is 10.2. The lowest BCUT2D eigenvalue weighted by molar-refractivity contribution is -0.384. The molecule has 162 valence electrons. The first kappa shape index (κ1) is 22.1. The maximum absolute atomic E-state index is 12.2. The van der Waals surface area contributed by atoms with Crippen molar-refractivity contribution in [1.82, 2.24) is 14.8 Å². The average molecular weight is 443 g/mol. The van der Waals surface area contributed by atoms with Crippen molar-refractivity contribution in [3.63, 3.8) is 0 Å². The lowest BCUT2D eigenvalue weighted by atomic mass is 10.3. The van der Waals surface area contributed by atoms with Crippen molar-refractivity contribution in [2.75, 3.05) is 18.2 Å². The SMILES string of the molecule is COc1cccc(OC(C)c2nnc(SCC(=O)Nc3cccc([N+](=O)[O-])c3)n2C)c1. The number of carbonyl (C=O) groups is 1. The van der Waals surface area contributed by atoms with Crippen LogP contribution in [0, 0.1) is 10.1 Å². The zero-order chi connectivity index (χ0) is 22.4. The van der Waals surface area contributed by atoms with Crippen LogP contribution in [0.5, 0.6) is 11.5 Å². The third kappa shape index (κ3) is 5.72. The fraction of sp³-hybridized carbons (Fsp3) is 0.250. The molecule has 1 heterocycles. The van der Waals surface area contributed by atoms with Crippen LogP contribution < -0.4 is 14.8 Å². The second-order valence-corrected chi connectivity index (χ2v) is 7.43. The third-order valence-electron chi connectivity index (χ3n) is 4.26. The molecule has 1 amide bonds. The van der Waals surface area contributed by atoms with Crippen molar-refractivity contribution >= 4 is 29.0 Å². The molecule has 3 aromatic rings. The van der Waals surface area contributed by atoms with Crippen molar-refractivity contribution in [3.05, 3.63) is 64.5 Å². The summed E-state index contributed by atoms with van der Waals surface area (Å²) in [4.78, 5) is 22.6. The number of benzene rings is 2. The minimum absolute atomic E-state index is 0.0692. The van der Waals surface area contributed by atoms with Gasteiger partial charge in [-0.3, -0.25) is 14.9 Å². The molecule has 0 fully saturated rings. The monoisotopic (exact) mass is 443 g/mol. The van der Waals surface area contributed by atoms with Crippen LogP contribution in [0.3, 0.4) is 0 Å². The lowest BCUT2D eigenvalue weighted by Crippen LogP contribution is -2.15. The van der Waals surface area contributed by atoms with Gasteiger partial charge < -0.3 is 19.4 Å². The minimum atomic E-state index is -0.514. The number of aromatic nitrogens is 3. The molecule has 0 spiro atoms. The van der Waals surface area contributed by atoms with Crippen LogP contribution in [-0.2, 0) is 11.8 Å². The number of hydrogen-bond donors (Lipinski definition) is 1. The van der Waals surface area contributed by atoms with E-state index in [1.54, 1.807) is 30.9 Å².